The number of carboxylic acids is 1. The highest BCUT2D eigenvalue weighted by molar-refractivity contribution is 7.86. The molecule has 0 radical (unpaired) electrons. The molecule has 6 nitrogen and oxygen atoms in total. The predicted molar refractivity (Wildman–Crippen MR) is 59.3 cm³/mol. The van der Waals surface area contributed by atoms with Crippen LogP contribution >= 0.6 is 0 Å². The van der Waals surface area contributed by atoms with Crippen molar-refractivity contribution in [1.29, 1.82) is 0 Å². The Bertz CT molecular complexity index is 414. The Balaban J connectivity index is 2.83. The van der Waals surface area contributed by atoms with E-state index in [0.29, 0.717) is 12.4 Å². The van der Waals surface area contributed by atoms with E-state index in [1.165, 1.54) is 20.2 Å². The van der Waals surface area contributed by atoms with Crippen LogP contribution in [0.5, 0.6) is 0 Å². The summed E-state index contributed by atoms with van der Waals surface area (Å²) in [7, 11) is -1.52. The molecule has 16 heavy (non-hydrogen) atoms. The molecule has 0 saturated heterocycles. The van der Waals surface area contributed by atoms with Crippen LogP contribution in [0.25, 0.3) is 0 Å². The second-order valence-electron chi connectivity index (χ2n) is 3.80. The van der Waals surface area contributed by atoms with Gasteiger partial charge in [0.15, 0.2) is 0 Å². The SMILES string of the molecule is CCn1ncnc1CS(=O)C(C)(C)C(=O)O. The zero-order valence-corrected chi connectivity index (χ0v) is 10.3. The third kappa shape index (κ3) is 2.46. The standard InChI is InChI=1S/C9H15N3O3S/c1-4-12-7(10-6-11-12)5-16(15)9(2,3)8(13)14/h6H,4-5H2,1-3H3,(H,13,14). The topological polar surface area (TPSA) is 85.1 Å². The molecule has 7 heteroatoms. The average Bonchev–Trinajstić information content (AvgIpc) is 2.64. The lowest BCUT2D eigenvalue weighted by Gasteiger charge is -2.17. The van der Waals surface area contributed by atoms with Gasteiger partial charge in [0, 0.05) is 17.3 Å². The fourth-order valence-corrected chi connectivity index (χ4v) is 2.07. The van der Waals surface area contributed by atoms with E-state index in [-0.39, 0.29) is 5.75 Å². The van der Waals surface area contributed by atoms with Crippen molar-refractivity contribution in [3.8, 4) is 0 Å². The summed E-state index contributed by atoms with van der Waals surface area (Å²) in [4.78, 5) is 14.9. The number of carboxylic acid groups (broad SMARTS) is 1. The van der Waals surface area contributed by atoms with Crippen LogP contribution in [0, 0.1) is 0 Å². The fraction of sp³-hybridized carbons (Fsp3) is 0.667. The van der Waals surface area contributed by atoms with Crippen molar-refractivity contribution >= 4 is 16.8 Å². The molecule has 1 aromatic heterocycles. The molecule has 0 aliphatic heterocycles. The first kappa shape index (κ1) is 12.8. The molecule has 0 aromatic carbocycles. The Hall–Kier alpha value is -1.24. The minimum atomic E-state index is -1.52. The van der Waals surface area contributed by atoms with Crippen molar-refractivity contribution in [2.75, 3.05) is 0 Å². The highest BCUT2D eigenvalue weighted by Crippen LogP contribution is 2.16. The van der Waals surface area contributed by atoms with E-state index in [2.05, 4.69) is 10.1 Å². The van der Waals surface area contributed by atoms with Crippen molar-refractivity contribution < 1.29 is 14.1 Å². The van der Waals surface area contributed by atoms with Crippen molar-refractivity contribution in [1.82, 2.24) is 14.8 Å². The number of aromatic nitrogens is 3. The van der Waals surface area contributed by atoms with Gasteiger partial charge in [-0.2, -0.15) is 5.10 Å². The van der Waals surface area contributed by atoms with Crippen LogP contribution in [0.15, 0.2) is 6.33 Å². The summed E-state index contributed by atoms with van der Waals surface area (Å²) in [5.74, 6) is -0.420. The van der Waals surface area contributed by atoms with Gasteiger partial charge in [-0.05, 0) is 20.8 Å². The number of hydrogen-bond donors (Lipinski definition) is 1. The lowest BCUT2D eigenvalue weighted by atomic mass is 10.2. The van der Waals surface area contributed by atoms with Crippen LogP contribution < -0.4 is 0 Å². The maximum Gasteiger partial charge on any atom is 0.321 e. The van der Waals surface area contributed by atoms with E-state index in [0.717, 1.165) is 0 Å². The van der Waals surface area contributed by atoms with Crippen LogP contribution in [-0.2, 0) is 27.9 Å². The molecule has 0 aliphatic rings. The number of hydrogen-bond acceptors (Lipinski definition) is 4. The lowest BCUT2D eigenvalue weighted by molar-refractivity contribution is -0.139. The molecular weight excluding hydrogens is 230 g/mol. The highest BCUT2D eigenvalue weighted by atomic mass is 32.2. The van der Waals surface area contributed by atoms with Gasteiger partial charge in [0.1, 0.15) is 16.9 Å². The molecule has 1 N–H and O–H groups in total. The molecule has 1 rings (SSSR count). The highest BCUT2D eigenvalue weighted by Gasteiger charge is 2.35. The van der Waals surface area contributed by atoms with Crippen molar-refractivity contribution in [3.05, 3.63) is 12.2 Å². The number of rotatable bonds is 5. The van der Waals surface area contributed by atoms with Crippen molar-refractivity contribution in [2.45, 2.75) is 37.8 Å². The molecule has 0 spiro atoms. The lowest BCUT2D eigenvalue weighted by Crippen LogP contribution is -2.37. The molecule has 1 heterocycles. The van der Waals surface area contributed by atoms with Crippen LogP contribution in [0.4, 0.5) is 0 Å². The summed E-state index contributed by atoms with van der Waals surface area (Å²) in [6.45, 7) is 5.40. The summed E-state index contributed by atoms with van der Waals surface area (Å²) in [6.07, 6.45) is 1.38. The maximum absolute atomic E-state index is 11.9. The van der Waals surface area contributed by atoms with Gasteiger partial charge in [0.05, 0.1) is 5.75 Å². The molecule has 0 aliphatic carbocycles. The van der Waals surface area contributed by atoms with Crippen LogP contribution in [0.2, 0.25) is 0 Å². The Morgan fingerprint density at radius 1 is 1.62 bits per heavy atom. The second-order valence-corrected chi connectivity index (χ2v) is 5.80. The predicted octanol–water partition coefficient (Wildman–Crippen LogP) is 0.410. The molecule has 0 fully saturated rings. The second kappa shape index (κ2) is 4.73. The van der Waals surface area contributed by atoms with Gasteiger partial charge < -0.3 is 5.11 Å². The van der Waals surface area contributed by atoms with Gasteiger partial charge in [-0.15, -0.1) is 0 Å². The van der Waals surface area contributed by atoms with Crippen molar-refractivity contribution in [3.63, 3.8) is 0 Å². The number of carbonyl (C=O) groups is 1. The number of aryl methyl sites for hydroxylation is 1. The zero-order chi connectivity index (χ0) is 12.3. The summed E-state index contributed by atoms with van der Waals surface area (Å²) in [5.41, 5.74) is 0. The van der Waals surface area contributed by atoms with E-state index in [4.69, 9.17) is 5.11 Å². The molecule has 0 bridgehead atoms. The summed E-state index contributed by atoms with van der Waals surface area (Å²) < 4.78 is 12.2. The molecule has 1 unspecified atom stereocenters. The van der Waals surface area contributed by atoms with Crippen molar-refractivity contribution in [2.24, 2.45) is 0 Å². The minimum absolute atomic E-state index is 0.104. The van der Waals surface area contributed by atoms with E-state index < -0.39 is 21.5 Å². The minimum Gasteiger partial charge on any atom is -0.480 e. The fourth-order valence-electron chi connectivity index (χ4n) is 1.06. The number of nitrogens with zero attached hydrogens (tertiary/aromatic N) is 3. The van der Waals surface area contributed by atoms with Gasteiger partial charge in [0.25, 0.3) is 0 Å². The van der Waals surface area contributed by atoms with E-state index in [9.17, 15) is 9.00 Å². The van der Waals surface area contributed by atoms with E-state index >= 15 is 0 Å². The first-order valence-electron chi connectivity index (χ1n) is 4.88. The maximum atomic E-state index is 11.9. The summed E-state index contributed by atoms with van der Waals surface area (Å²) in [6, 6.07) is 0. The van der Waals surface area contributed by atoms with Crippen LogP contribution in [0.3, 0.4) is 0 Å². The van der Waals surface area contributed by atoms with Gasteiger partial charge in [-0.25, -0.2) is 9.67 Å². The average molecular weight is 245 g/mol. The van der Waals surface area contributed by atoms with Gasteiger partial charge in [-0.1, -0.05) is 0 Å². The monoisotopic (exact) mass is 245 g/mol. The van der Waals surface area contributed by atoms with Crippen LogP contribution in [0.1, 0.15) is 26.6 Å². The summed E-state index contributed by atoms with van der Waals surface area (Å²) >= 11 is 0. The Morgan fingerprint density at radius 3 is 2.75 bits per heavy atom. The van der Waals surface area contributed by atoms with Gasteiger partial charge in [-0.3, -0.25) is 9.00 Å². The number of aliphatic carboxylic acids is 1. The zero-order valence-electron chi connectivity index (χ0n) is 9.51. The van der Waals surface area contributed by atoms with E-state index in [1.807, 2.05) is 6.92 Å². The Kier molecular flexibility index (Phi) is 3.79. The smallest absolute Gasteiger partial charge is 0.321 e. The third-order valence-electron chi connectivity index (χ3n) is 2.34. The van der Waals surface area contributed by atoms with Crippen LogP contribution in [-0.4, -0.2) is 34.8 Å². The summed E-state index contributed by atoms with van der Waals surface area (Å²) in [5, 5.41) is 12.9. The quantitative estimate of drug-likeness (QED) is 0.812. The van der Waals surface area contributed by atoms with Gasteiger partial charge in [0.2, 0.25) is 0 Å². The van der Waals surface area contributed by atoms with E-state index in [1.54, 1.807) is 4.68 Å². The normalized spacial score (nSPS) is 13.7. The molecule has 1 aromatic rings. The molecule has 90 valence electrons. The molecule has 0 saturated carbocycles. The Morgan fingerprint density at radius 2 is 2.25 bits per heavy atom. The first-order valence-corrected chi connectivity index (χ1v) is 6.20. The molecule has 0 amide bonds. The largest absolute Gasteiger partial charge is 0.480 e. The third-order valence-corrected chi connectivity index (χ3v) is 4.17. The first-order chi connectivity index (χ1) is 7.39. The van der Waals surface area contributed by atoms with Gasteiger partial charge >= 0.3 is 5.97 Å². The molecular formula is C9H15N3O3S. The Labute approximate surface area is 96.1 Å². The molecule has 1 atom stereocenters.